The van der Waals surface area contributed by atoms with E-state index in [2.05, 4.69) is 31.9 Å². The highest BCUT2D eigenvalue weighted by Gasteiger charge is 2.16. The van der Waals surface area contributed by atoms with Crippen molar-refractivity contribution < 1.29 is 5.11 Å². The molecule has 4 heteroatoms. The number of thiophene rings is 1. The van der Waals surface area contributed by atoms with Gasteiger partial charge in [0.05, 0.1) is 0 Å². The third kappa shape index (κ3) is 2.81. The molecule has 2 aromatic rings. The molecule has 0 bridgehead atoms. The molecule has 0 aliphatic carbocycles. The molecule has 0 aliphatic rings. The fraction of sp³-hybridized carbons (Fsp3) is 0.231. The van der Waals surface area contributed by atoms with Crippen LogP contribution in [-0.4, -0.2) is 5.11 Å². The molecule has 1 atom stereocenters. The molecule has 1 aromatic carbocycles. The molecule has 0 fully saturated rings. The molecule has 1 N–H and O–H groups in total. The second-order valence-electron chi connectivity index (χ2n) is 3.96. The second kappa shape index (κ2) is 5.22. The van der Waals surface area contributed by atoms with Gasteiger partial charge in [-0.1, -0.05) is 22.0 Å². The summed E-state index contributed by atoms with van der Waals surface area (Å²) < 4.78 is 2.10. The lowest BCUT2D eigenvalue weighted by Gasteiger charge is -2.12. The Morgan fingerprint density at radius 1 is 1.18 bits per heavy atom. The summed E-state index contributed by atoms with van der Waals surface area (Å²) in [5.74, 6) is 0. The zero-order valence-electron chi connectivity index (χ0n) is 9.50. The number of benzene rings is 1. The average molecular weight is 376 g/mol. The van der Waals surface area contributed by atoms with E-state index in [-0.39, 0.29) is 0 Å². The molecule has 0 saturated carbocycles. The molecule has 1 unspecified atom stereocenters. The molecule has 0 amide bonds. The Bertz CT molecular complexity index is 529. The van der Waals surface area contributed by atoms with Gasteiger partial charge in [0.1, 0.15) is 6.10 Å². The van der Waals surface area contributed by atoms with Gasteiger partial charge in [-0.2, -0.15) is 0 Å². The summed E-state index contributed by atoms with van der Waals surface area (Å²) in [5.41, 5.74) is 2.05. The van der Waals surface area contributed by atoms with Crippen LogP contribution in [0.2, 0.25) is 0 Å². The average Bonchev–Trinajstić information content (AvgIpc) is 2.58. The molecule has 17 heavy (non-hydrogen) atoms. The minimum atomic E-state index is -0.543. The predicted octanol–water partition coefficient (Wildman–Crippen LogP) is 4.97. The van der Waals surface area contributed by atoms with Gasteiger partial charge in [0.2, 0.25) is 0 Å². The Hall–Kier alpha value is -0.160. The largest absolute Gasteiger partial charge is 0.383 e. The first kappa shape index (κ1) is 13.3. The fourth-order valence-corrected chi connectivity index (χ4v) is 3.76. The first-order chi connectivity index (χ1) is 7.99. The molecule has 0 spiro atoms. The van der Waals surface area contributed by atoms with Gasteiger partial charge in [0.15, 0.2) is 0 Å². The van der Waals surface area contributed by atoms with Crippen LogP contribution >= 0.6 is 43.2 Å². The van der Waals surface area contributed by atoms with Crippen LogP contribution in [0.3, 0.4) is 0 Å². The maximum absolute atomic E-state index is 10.4. The summed E-state index contributed by atoms with van der Waals surface area (Å²) >= 11 is 8.53. The Morgan fingerprint density at radius 2 is 1.88 bits per heavy atom. The third-order valence-corrected chi connectivity index (χ3v) is 5.35. The Morgan fingerprint density at radius 3 is 2.41 bits per heavy atom. The van der Waals surface area contributed by atoms with Gasteiger partial charge in [-0.25, -0.2) is 0 Å². The zero-order chi connectivity index (χ0) is 12.6. The molecule has 1 nitrogen and oxygen atoms in total. The van der Waals surface area contributed by atoms with Crippen molar-refractivity contribution >= 4 is 43.2 Å². The Balaban J connectivity index is 2.39. The number of aliphatic hydroxyl groups is 1. The van der Waals surface area contributed by atoms with E-state index in [1.807, 2.05) is 38.1 Å². The van der Waals surface area contributed by atoms with Crippen LogP contribution in [-0.2, 0) is 0 Å². The summed E-state index contributed by atoms with van der Waals surface area (Å²) in [7, 11) is 0. The molecular weight excluding hydrogens is 364 g/mol. The van der Waals surface area contributed by atoms with Crippen LogP contribution < -0.4 is 0 Å². The lowest BCUT2D eigenvalue weighted by Crippen LogP contribution is -1.99. The lowest BCUT2D eigenvalue weighted by atomic mass is 10.0. The van der Waals surface area contributed by atoms with E-state index in [0.717, 1.165) is 24.9 Å². The van der Waals surface area contributed by atoms with Crippen molar-refractivity contribution in [3.63, 3.8) is 0 Å². The summed E-state index contributed by atoms with van der Waals surface area (Å²) in [6.45, 7) is 4.05. The first-order valence-electron chi connectivity index (χ1n) is 5.19. The maximum atomic E-state index is 10.4. The maximum Gasteiger partial charge on any atom is 0.113 e. The summed E-state index contributed by atoms with van der Waals surface area (Å²) in [6.07, 6.45) is -0.543. The molecule has 0 saturated heterocycles. The number of aryl methyl sites for hydroxylation is 2. The van der Waals surface area contributed by atoms with Crippen molar-refractivity contribution in [2.45, 2.75) is 20.0 Å². The topological polar surface area (TPSA) is 20.2 Å². The Labute approximate surface area is 122 Å². The van der Waals surface area contributed by atoms with Crippen LogP contribution in [0.4, 0.5) is 0 Å². The van der Waals surface area contributed by atoms with Gasteiger partial charge in [0.25, 0.3) is 0 Å². The minimum absolute atomic E-state index is 0.543. The van der Waals surface area contributed by atoms with Crippen molar-refractivity contribution in [2.24, 2.45) is 0 Å². The molecule has 0 radical (unpaired) electrons. The molecule has 0 aliphatic heterocycles. The quantitative estimate of drug-likeness (QED) is 0.785. The normalized spacial score (nSPS) is 12.8. The van der Waals surface area contributed by atoms with Crippen molar-refractivity contribution in [3.8, 4) is 0 Å². The zero-order valence-corrected chi connectivity index (χ0v) is 13.5. The number of rotatable bonds is 2. The summed E-state index contributed by atoms with van der Waals surface area (Å²) in [6, 6.07) is 7.94. The highest BCUT2D eigenvalue weighted by molar-refractivity contribution is 9.10. The highest BCUT2D eigenvalue weighted by atomic mass is 79.9. The standard InChI is InChI=1S/C13H12Br2OS/c1-7-5-9(14)3-4-10(7)13(16)12-6-11(15)8(2)17-12/h3-6,13,16H,1-2H3. The van der Waals surface area contributed by atoms with E-state index in [4.69, 9.17) is 0 Å². The van der Waals surface area contributed by atoms with Crippen molar-refractivity contribution in [1.29, 1.82) is 0 Å². The minimum Gasteiger partial charge on any atom is -0.383 e. The first-order valence-corrected chi connectivity index (χ1v) is 7.59. The number of hydrogen-bond donors (Lipinski definition) is 1. The highest BCUT2D eigenvalue weighted by Crippen LogP contribution is 2.35. The smallest absolute Gasteiger partial charge is 0.113 e. The van der Waals surface area contributed by atoms with E-state index in [9.17, 15) is 5.11 Å². The van der Waals surface area contributed by atoms with Crippen LogP contribution in [0.1, 0.15) is 27.0 Å². The van der Waals surface area contributed by atoms with Crippen LogP contribution in [0.25, 0.3) is 0 Å². The van der Waals surface area contributed by atoms with E-state index in [1.54, 1.807) is 11.3 Å². The van der Waals surface area contributed by atoms with E-state index < -0.39 is 6.10 Å². The number of halogens is 2. The molecule has 1 heterocycles. The molecule has 2 rings (SSSR count). The van der Waals surface area contributed by atoms with E-state index >= 15 is 0 Å². The monoisotopic (exact) mass is 374 g/mol. The predicted molar refractivity (Wildman–Crippen MR) is 79.7 cm³/mol. The van der Waals surface area contributed by atoms with Crippen LogP contribution in [0, 0.1) is 13.8 Å². The van der Waals surface area contributed by atoms with Gasteiger partial charge in [-0.3, -0.25) is 0 Å². The lowest BCUT2D eigenvalue weighted by molar-refractivity contribution is 0.223. The third-order valence-electron chi connectivity index (χ3n) is 2.67. The van der Waals surface area contributed by atoms with Crippen molar-refractivity contribution in [1.82, 2.24) is 0 Å². The van der Waals surface area contributed by atoms with E-state index in [1.165, 1.54) is 4.88 Å². The van der Waals surface area contributed by atoms with E-state index in [0.29, 0.717) is 0 Å². The molecular formula is C13H12Br2OS. The number of hydrogen-bond acceptors (Lipinski definition) is 2. The van der Waals surface area contributed by atoms with Gasteiger partial charge < -0.3 is 5.11 Å². The summed E-state index contributed by atoms with van der Waals surface area (Å²) in [5, 5.41) is 10.4. The Kier molecular flexibility index (Phi) is 4.08. The van der Waals surface area contributed by atoms with Gasteiger partial charge in [0, 0.05) is 18.7 Å². The molecule has 1 aromatic heterocycles. The fourth-order valence-electron chi connectivity index (χ4n) is 1.72. The second-order valence-corrected chi connectivity index (χ2v) is 7.01. The van der Waals surface area contributed by atoms with Gasteiger partial charge in [-0.05, 0) is 59.1 Å². The SMILES string of the molecule is Cc1cc(Br)ccc1C(O)c1cc(Br)c(C)s1. The molecule has 90 valence electrons. The van der Waals surface area contributed by atoms with Crippen molar-refractivity contribution in [3.05, 3.63) is 54.1 Å². The van der Waals surface area contributed by atoms with Gasteiger partial charge >= 0.3 is 0 Å². The summed E-state index contributed by atoms with van der Waals surface area (Å²) in [4.78, 5) is 2.16. The van der Waals surface area contributed by atoms with Crippen molar-refractivity contribution in [2.75, 3.05) is 0 Å². The number of aliphatic hydroxyl groups excluding tert-OH is 1. The van der Waals surface area contributed by atoms with Crippen LogP contribution in [0.15, 0.2) is 33.2 Å². The van der Waals surface area contributed by atoms with Crippen LogP contribution in [0.5, 0.6) is 0 Å². The van der Waals surface area contributed by atoms with Gasteiger partial charge in [-0.15, -0.1) is 11.3 Å².